The number of ether oxygens (including phenoxy) is 1. The highest BCUT2D eigenvalue weighted by atomic mass is 32.2. The summed E-state index contributed by atoms with van der Waals surface area (Å²) < 4.78 is 32.9. The summed E-state index contributed by atoms with van der Waals surface area (Å²) in [7, 11) is -3.22. The van der Waals surface area contributed by atoms with E-state index in [0.29, 0.717) is 12.5 Å². The van der Waals surface area contributed by atoms with Gasteiger partial charge in [0.2, 0.25) is 10.0 Å². The zero-order valence-corrected chi connectivity index (χ0v) is 14.3. The zero-order chi connectivity index (χ0) is 16.1. The summed E-state index contributed by atoms with van der Waals surface area (Å²) in [4.78, 5) is 2.42. The van der Waals surface area contributed by atoms with E-state index in [-0.39, 0.29) is 11.8 Å². The maximum Gasteiger partial charge on any atom is 0.212 e. The van der Waals surface area contributed by atoms with Crippen LogP contribution in [-0.4, -0.2) is 57.5 Å². The van der Waals surface area contributed by atoms with Gasteiger partial charge in [-0.25, -0.2) is 13.1 Å². The molecule has 1 unspecified atom stereocenters. The third-order valence-electron chi connectivity index (χ3n) is 4.78. The first-order valence-electron chi connectivity index (χ1n) is 8.48. The van der Waals surface area contributed by atoms with Crippen molar-refractivity contribution in [1.82, 2.24) is 9.62 Å². The fourth-order valence-corrected chi connectivity index (χ4v) is 4.80. The number of nitrogens with one attached hydrogen (secondary N) is 1. The van der Waals surface area contributed by atoms with E-state index >= 15 is 0 Å². The largest absolute Gasteiger partial charge is 0.381 e. The molecule has 6 heteroatoms. The van der Waals surface area contributed by atoms with Crippen LogP contribution in [0.5, 0.6) is 0 Å². The fraction of sp³-hybridized carbons (Fsp3) is 0.647. The summed E-state index contributed by atoms with van der Waals surface area (Å²) in [6.07, 6.45) is 3.59. The number of benzene rings is 1. The number of nitrogens with zero attached hydrogens (tertiary/aromatic N) is 1. The lowest BCUT2D eigenvalue weighted by molar-refractivity contribution is 0.0418. The predicted octanol–water partition coefficient (Wildman–Crippen LogP) is 1.40. The van der Waals surface area contributed by atoms with Crippen molar-refractivity contribution in [3.8, 4) is 0 Å². The average Bonchev–Trinajstić information content (AvgIpc) is 3.03. The first-order valence-corrected chi connectivity index (χ1v) is 10.1. The van der Waals surface area contributed by atoms with Gasteiger partial charge in [-0.15, -0.1) is 0 Å². The van der Waals surface area contributed by atoms with Crippen molar-refractivity contribution in [3.05, 3.63) is 35.9 Å². The maximum absolute atomic E-state index is 12.3. The summed E-state index contributed by atoms with van der Waals surface area (Å²) >= 11 is 0. The lowest BCUT2D eigenvalue weighted by Crippen LogP contribution is -2.42. The van der Waals surface area contributed by atoms with E-state index in [1.54, 1.807) is 0 Å². The van der Waals surface area contributed by atoms with Crippen LogP contribution in [0.15, 0.2) is 30.3 Å². The van der Waals surface area contributed by atoms with Crippen molar-refractivity contribution < 1.29 is 13.2 Å². The van der Waals surface area contributed by atoms with Gasteiger partial charge in [-0.1, -0.05) is 30.3 Å². The molecule has 0 radical (unpaired) electrons. The van der Waals surface area contributed by atoms with Crippen LogP contribution in [0.25, 0.3) is 0 Å². The van der Waals surface area contributed by atoms with Crippen molar-refractivity contribution in [2.24, 2.45) is 0 Å². The molecule has 5 nitrogen and oxygen atoms in total. The second kappa shape index (κ2) is 7.75. The molecular weight excluding hydrogens is 312 g/mol. The molecule has 2 saturated heterocycles. The fourth-order valence-electron chi connectivity index (χ4n) is 3.48. The van der Waals surface area contributed by atoms with Crippen LogP contribution in [0, 0.1) is 0 Å². The Hall–Kier alpha value is -0.950. The number of sulfonamides is 1. The van der Waals surface area contributed by atoms with E-state index in [9.17, 15) is 8.42 Å². The first-order chi connectivity index (χ1) is 11.1. The highest BCUT2D eigenvalue weighted by molar-refractivity contribution is 7.89. The van der Waals surface area contributed by atoms with Gasteiger partial charge in [0.1, 0.15) is 0 Å². The SMILES string of the molecule is O=S(=O)(CCc1ccccc1)NC1CCN(C2CCOCC2)C1. The number of hydrogen-bond donors (Lipinski definition) is 1. The molecular formula is C17H26N2O3S. The summed E-state index contributed by atoms with van der Waals surface area (Å²) in [6, 6.07) is 10.4. The minimum absolute atomic E-state index is 0.0543. The van der Waals surface area contributed by atoms with Gasteiger partial charge in [0.25, 0.3) is 0 Å². The van der Waals surface area contributed by atoms with E-state index < -0.39 is 10.0 Å². The minimum atomic E-state index is -3.22. The second-order valence-corrected chi connectivity index (χ2v) is 8.37. The molecule has 2 heterocycles. The van der Waals surface area contributed by atoms with Crippen molar-refractivity contribution in [1.29, 1.82) is 0 Å². The van der Waals surface area contributed by atoms with Gasteiger partial charge in [-0.2, -0.15) is 0 Å². The predicted molar refractivity (Wildman–Crippen MR) is 90.9 cm³/mol. The Morgan fingerprint density at radius 1 is 1.13 bits per heavy atom. The molecule has 1 N–H and O–H groups in total. The van der Waals surface area contributed by atoms with Gasteiger partial charge in [0.15, 0.2) is 0 Å². The smallest absolute Gasteiger partial charge is 0.212 e. The van der Waals surface area contributed by atoms with Gasteiger partial charge < -0.3 is 4.74 Å². The van der Waals surface area contributed by atoms with E-state index in [2.05, 4.69) is 9.62 Å². The molecule has 128 valence electrons. The molecule has 1 atom stereocenters. The summed E-state index contributed by atoms with van der Waals surface area (Å²) in [5, 5.41) is 0. The van der Waals surface area contributed by atoms with Crippen molar-refractivity contribution in [3.63, 3.8) is 0 Å². The molecule has 0 aliphatic carbocycles. The Morgan fingerprint density at radius 2 is 1.87 bits per heavy atom. The Morgan fingerprint density at radius 3 is 2.61 bits per heavy atom. The van der Waals surface area contributed by atoms with E-state index in [1.807, 2.05) is 30.3 Å². The van der Waals surface area contributed by atoms with Crippen LogP contribution in [0.4, 0.5) is 0 Å². The van der Waals surface area contributed by atoms with Crippen molar-refractivity contribution in [2.75, 3.05) is 32.1 Å². The third-order valence-corrected chi connectivity index (χ3v) is 6.21. The van der Waals surface area contributed by atoms with E-state index in [1.165, 1.54) is 0 Å². The Labute approximate surface area is 139 Å². The Bertz CT molecular complexity index is 585. The van der Waals surface area contributed by atoms with E-state index in [4.69, 9.17) is 4.74 Å². The molecule has 3 rings (SSSR count). The van der Waals surface area contributed by atoms with Crippen molar-refractivity contribution >= 4 is 10.0 Å². The monoisotopic (exact) mass is 338 g/mol. The van der Waals surface area contributed by atoms with Crippen LogP contribution in [0.1, 0.15) is 24.8 Å². The molecule has 0 amide bonds. The number of rotatable bonds is 6. The highest BCUT2D eigenvalue weighted by Gasteiger charge is 2.31. The zero-order valence-electron chi connectivity index (χ0n) is 13.5. The molecule has 2 fully saturated rings. The summed E-state index contributed by atoms with van der Waals surface area (Å²) in [5.41, 5.74) is 1.06. The van der Waals surface area contributed by atoms with Crippen LogP contribution in [0.3, 0.4) is 0 Å². The Kier molecular flexibility index (Phi) is 5.69. The molecule has 0 spiro atoms. The van der Waals surface area contributed by atoms with Crippen LogP contribution < -0.4 is 4.72 Å². The summed E-state index contributed by atoms with van der Waals surface area (Å²) in [5.74, 6) is 0.158. The lowest BCUT2D eigenvalue weighted by Gasteiger charge is -2.31. The molecule has 0 aromatic heterocycles. The van der Waals surface area contributed by atoms with Crippen LogP contribution in [0.2, 0.25) is 0 Å². The van der Waals surface area contributed by atoms with Crippen molar-refractivity contribution in [2.45, 2.75) is 37.8 Å². The Balaban J connectivity index is 1.46. The number of aryl methyl sites for hydroxylation is 1. The van der Waals surface area contributed by atoms with Gasteiger partial charge in [0, 0.05) is 38.4 Å². The topological polar surface area (TPSA) is 58.6 Å². The van der Waals surface area contributed by atoms with Gasteiger partial charge >= 0.3 is 0 Å². The highest BCUT2D eigenvalue weighted by Crippen LogP contribution is 2.20. The van der Waals surface area contributed by atoms with Gasteiger partial charge in [-0.05, 0) is 31.2 Å². The third kappa shape index (κ3) is 5.01. The standard InChI is InChI=1S/C17H26N2O3S/c20-23(21,13-9-15-4-2-1-3-5-15)18-16-6-10-19(14-16)17-7-11-22-12-8-17/h1-5,16-18H,6-14H2. The molecule has 1 aromatic carbocycles. The van der Waals surface area contributed by atoms with E-state index in [0.717, 1.165) is 51.1 Å². The average molecular weight is 338 g/mol. The number of likely N-dealkylation sites (tertiary alicyclic amines) is 1. The molecule has 23 heavy (non-hydrogen) atoms. The quantitative estimate of drug-likeness (QED) is 0.852. The molecule has 0 saturated carbocycles. The van der Waals surface area contributed by atoms with Crippen LogP contribution in [-0.2, 0) is 21.2 Å². The number of hydrogen-bond acceptors (Lipinski definition) is 4. The van der Waals surface area contributed by atoms with Gasteiger partial charge in [-0.3, -0.25) is 4.90 Å². The first kappa shape index (κ1) is 16.9. The van der Waals surface area contributed by atoms with Gasteiger partial charge in [0.05, 0.1) is 5.75 Å². The minimum Gasteiger partial charge on any atom is -0.381 e. The summed E-state index contributed by atoms with van der Waals surface area (Å²) in [6.45, 7) is 3.47. The second-order valence-electron chi connectivity index (χ2n) is 6.50. The maximum atomic E-state index is 12.3. The normalized spacial score (nSPS) is 24.1. The lowest BCUT2D eigenvalue weighted by atomic mass is 10.1. The molecule has 2 aliphatic heterocycles. The molecule has 1 aromatic rings. The molecule has 0 bridgehead atoms. The molecule has 2 aliphatic rings. The van der Waals surface area contributed by atoms with Crippen LogP contribution >= 0.6 is 0 Å².